The lowest BCUT2D eigenvalue weighted by atomic mass is 9.79. The number of rotatable bonds is 2. The maximum atomic E-state index is 11.9. The summed E-state index contributed by atoms with van der Waals surface area (Å²) < 4.78 is 5.41. The van der Waals surface area contributed by atoms with Gasteiger partial charge < -0.3 is 10.5 Å². The normalized spacial score (nSPS) is 27.5. The highest BCUT2D eigenvalue weighted by Gasteiger charge is 2.33. The molecule has 0 unspecified atom stereocenters. The molecule has 3 heteroatoms. The van der Waals surface area contributed by atoms with E-state index >= 15 is 0 Å². The number of hydrogen-bond donors (Lipinski definition) is 1. The van der Waals surface area contributed by atoms with E-state index in [1.807, 2.05) is 20.8 Å². The molecule has 2 atom stereocenters. The second-order valence-corrected chi connectivity index (χ2v) is 5.42. The van der Waals surface area contributed by atoms with Crippen molar-refractivity contribution in [2.75, 3.05) is 6.54 Å². The predicted molar refractivity (Wildman–Crippen MR) is 60.3 cm³/mol. The van der Waals surface area contributed by atoms with Gasteiger partial charge in [0.05, 0.1) is 5.92 Å². The molecule has 0 radical (unpaired) electrons. The number of hydrogen-bond acceptors (Lipinski definition) is 3. The maximum Gasteiger partial charge on any atom is 0.309 e. The summed E-state index contributed by atoms with van der Waals surface area (Å²) in [6, 6.07) is 0. The third-order valence-electron chi connectivity index (χ3n) is 2.92. The van der Waals surface area contributed by atoms with Gasteiger partial charge in [-0.25, -0.2) is 0 Å². The minimum atomic E-state index is -0.381. The second kappa shape index (κ2) is 4.97. The van der Waals surface area contributed by atoms with E-state index in [0.29, 0.717) is 12.5 Å². The van der Waals surface area contributed by atoms with Crippen molar-refractivity contribution < 1.29 is 9.53 Å². The Morgan fingerprint density at radius 2 is 1.93 bits per heavy atom. The van der Waals surface area contributed by atoms with Crippen molar-refractivity contribution in [3.63, 3.8) is 0 Å². The highest BCUT2D eigenvalue weighted by atomic mass is 16.6. The van der Waals surface area contributed by atoms with Gasteiger partial charge in [-0.2, -0.15) is 0 Å². The van der Waals surface area contributed by atoms with Gasteiger partial charge in [0.1, 0.15) is 5.60 Å². The average molecular weight is 213 g/mol. The van der Waals surface area contributed by atoms with E-state index in [4.69, 9.17) is 10.5 Å². The Kier molecular flexibility index (Phi) is 4.14. The topological polar surface area (TPSA) is 52.3 Å². The molecule has 0 aliphatic heterocycles. The van der Waals surface area contributed by atoms with E-state index in [1.54, 1.807) is 0 Å². The molecule has 88 valence electrons. The van der Waals surface area contributed by atoms with Crippen molar-refractivity contribution in [3.8, 4) is 0 Å². The van der Waals surface area contributed by atoms with Gasteiger partial charge in [0.2, 0.25) is 0 Å². The Balaban J connectivity index is 2.56. The van der Waals surface area contributed by atoms with Crippen molar-refractivity contribution in [2.24, 2.45) is 17.6 Å². The van der Waals surface area contributed by atoms with E-state index in [9.17, 15) is 4.79 Å². The van der Waals surface area contributed by atoms with E-state index in [1.165, 1.54) is 6.42 Å². The van der Waals surface area contributed by atoms with Crippen molar-refractivity contribution in [1.82, 2.24) is 0 Å². The number of carbonyl (C=O) groups excluding carboxylic acids is 1. The van der Waals surface area contributed by atoms with Gasteiger partial charge in [0.15, 0.2) is 0 Å². The Morgan fingerprint density at radius 1 is 1.33 bits per heavy atom. The summed E-state index contributed by atoms with van der Waals surface area (Å²) in [6.07, 6.45) is 4.33. The van der Waals surface area contributed by atoms with Gasteiger partial charge in [-0.3, -0.25) is 4.79 Å². The summed E-state index contributed by atoms with van der Waals surface area (Å²) in [6.45, 7) is 6.32. The summed E-state index contributed by atoms with van der Waals surface area (Å²) in [5, 5.41) is 0. The molecule has 1 aliphatic rings. The molecule has 0 spiro atoms. The second-order valence-electron chi connectivity index (χ2n) is 5.42. The first kappa shape index (κ1) is 12.5. The Hall–Kier alpha value is -0.570. The van der Waals surface area contributed by atoms with Crippen LogP contribution in [0.5, 0.6) is 0 Å². The molecule has 1 aliphatic carbocycles. The summed E-state index contributed by atoms with van der Waals surface area (Å²) in [5.74, 6) is 0.300. The number of nitrogens with two attached hydrogens (primary N) is 1. The zero-order valence-electron chi connectivity index (χ0n) is 10.1. The first-order valence-electron chi connectivity index (χ1n) is 5.87. The highest BCUT2D eigenvalue weighted by Crippen LogP contribution is 2.31. The molecular formula is C12H23NO2. The van der Waals surface area contributed by atoms with Crippen LogP contribution in [0.15, 0.2) is 0 Å². The minimum Gasteiger partial charge on any atom is -0.460 e. The molecule has 0 saturated heterocycles. The molecule has 0 heterocycles. The van der Waals surface area contributed by atoms with Gasteiger partial charge in [-0.1, -0.05) is 12.8 Å². The largest absolute Gasteiger partial charge is 0.460 e. The molecule has 1 rings (SSSR count). The standard InChI is InChI=1S/C12H23NO2/c1-12(2,3)15-11(14)10-7-5-4-6-9(10)8-13/h9-10H,4-8,13H2,1-3H3/t9-,10+/m1/s1. The van der Waals surface area contributed by atoms with Crippen LogP contribution in [0.3, 0.4) is 0 Å². The molecule has 0 aromatic heterocycles. The Morgan fingerprint density at radius 3 is 2.47 bits per heavy atom. The van der Waals surface area contributed by atoms with Crippen molar-refractivity contribution >= 4 is 5.97 Å². The predicted octanol–water partition coefficient (Wildman–Crippen LogP) is 2.09. The summed E-state index contributed by atoms with van der Waals surface area (Å²) in [7, 11) is 0. The van der Waals surface area contributed by atoms with E-state index < -0.39 is 0 Å². The number of esters is 1. The fourth-order valence-corrected chi connectivity index (χ4v) is 2.18. The molecule has 1 fully saturated rings. The van der Waals surface area contributed by atoms with Crippen LogP contribution in [0.25, 0.3) is 0 Å². The maximum absolute atomic E-state index is 11.9. The molecule has 0 aromatic rings. The van der Waals surface area contributed by atoms with Crippen LogP contribution in [0.1, 0.15) is 46.5 Å². The average Bonchev–Trinajstić information content (AvgIpc) is 2.15. The number of carbonyl (C=O) groups is 1. The molecule has 3 nitrogen and oxygen atoms in total. The monoisotopic (exact) mass is 213 g/mol. The SMILES string of the molecule is CC(C)(C)OC(=O)[C@H]1CCCC[C@@H]1CN. The molecule has 2 N–H and O–H groups in total. The lowest BCUT2D eigenvalue weighted by Gasteiger charge is -2.31. The van der Waals surface area contributed by atoms with Gasteiger partial charge in [-0.05, 0) is 46.1 Å². The summed E-state index contributed by atoms with van der Waals surface area (Å²) in [4.78, 5) is 11.9. The van der Waals surface area contributed by atoms with Gasteiger partial charge in [-0.15, -0.1) is 0 Å². The van der Waals surface area contributed by atoms with Crippen LogP contribution in [0.2, 0.25) is 0 Å². The lowest BCUT2D eigenvalue weighted by molar-refractivity contribution is -0.163. The molecule has 0 bridgehead atoms. The van der Waals surface area contributed by atoms with Crippen LogP contribution in [0.4, 0.5) is 0 Å². The first-order chi connectivity index (χ1) is 6.94. The Labute approximate surface area is 92.4 Å². The van der Waals surface area contributed by atoms with Gasteiger partial charge in [0.25, 0.3) is 0 Å². The molecular weight excluding hydrogens is 190 g/mol. The minimum absolute atomic E-state index is 0.0305. The van der Waals surface area contributed by atoms with E-state index in [-0.39, 0.29) is 17.5 Å². The van der Waals surface area contributed by atoms with Gasteiger partial charge >= 0.3 is 5.97 Å². The smallest absolute Gasteiger partial charge is 0.309 e. The molecule has 0 aromatic carbocycles. The quantitative estimate of drug-likeness (QED) is 0.715. The fraction of sp³-hybridized carbons (Fsp3) is 0.917. The van der Waals surface area contributed by atoms with Crippen LogP contribution in [0, 0.1) is 11.8 Å². The van der Waals surface area contributed by atoms with E-state index in [0.717, 1.165) is 19.3 Å². The molecule has 0 amide bonds. The van der Waals surface area contributed by atoms with Crippen molar-refractivity contribution in [3.05, 3.63) is 0 Å². The molecule has 15 heavy (non-hydrogen) atoms. The van der Waals surface area contributed by atoms with E-state index in [2.05, 4.69) is 0 Å². The zero-order chi connectivity index (χ0) is 11.5. The number of ether oxygens (including phenoxy) is 1. The lowest BCUT2D eigenvalue weighted by Crippen LogP contribution is -2.37. The third kappa shape index (κ3) is 3.82. The third-order valence-corrected chi connectivity index (χ3v) is 2.92. The zero-order valence-corrected chi connectivity index (χ0v) is 10.1. The van der Waals surface area contributed by atoms with Crippen molar-refractivity contribution in [1.29, 1.82) is 0 Å². The summed E-state index contributed by atoms with van der Waals surface area (Å²) >= 11 is 0. The van der Waals surface area contributed by atoms with Crippen LogP contribution < -0.4 is 5.73 Å². The van der Waals surface area contributed by atoms with Crippen LogP contribution in [-0.2, 0) is 9.53 Å². The van der Waals surface area contributed by atoms with Crippen molar-refractivity contribution in [2.45, 2.75) is 52.1 Å². The summed E-state index contributed by atoms with van der Waals surface area (Å²) in [5.41, 5.74) is 5.31. The highest BCUT2D eigenvalue weighted by molar-refractivity contribution is 5.73. The fourth-order valence-electron chi connectivity index (χ4n) is 2.18. The van der Waals surface area contributed by atoms with Crippen LogP contribution in [-0.4, -0.2) is 18.1 Å². The van der Waals surface area contributed by atoms with Gasteiger partial charge in [0, 0.05) is 0 Å². The first-order valence-corrected chi connectivity index (χ1v) is 5.87. The van der Waals surface area contributed by atoms with Crippen LogP contribution >= 0.6 is 0 Å². The molecule has 1 saturated carbocycles. The Bertz CT molecular complexity index is 220.